The van der Waals surface area contributed by atoms with E-state index in [9.17, 15) is 0 Å². The van der Waals surface area contributed by atoms with Gasteiger partial charge in [-0.1, -0.05) is 95.0 Å². The van der Waals surface area contributed by atoms with E-state index in [0.29, 0.717) is 0 Å². The zero-order chi connectivity index (χ0) is 15.4. The molecule has 126 valence electrons. The second kappa shape index (κ2) is 10.8. The molecule has 0 saturated carbocycles. The second-order valence-electron chi connectivity index (χ2n) is 9.08. The van der Waals surface area contributed by atoms with Crippen molar-refractivity contribution in [1.82, 2.24) is 4.65 Å². The molecule has 0 unspecified atom stereocenters. The summed E-state index contributed by atoms with van der Waals surface area (Å²) in [5, 5.41) is 0. The van der Waals surface area contributed by atoms with E-state index >= 15 is 0 Å². The number of nitrogens with zero attached hydrogens (tertiary/aromatic N) is 1. The zero-order valence-corrected chi connectivity index (χ0v) is 22.6. The van der Waals surface area contributed by atoms with E-state index in [-0.39, 0.29) is 47.4 Å². The van der Waals surface area contributed by atoms with Crippen LogP contribution in [0, 0.1) is 47.4 Å². The summed E-state index contributed by atoms with van der Waals surface area (Å²) < 4.78 is 8.56. The molecule has 0 rings (SSSR count). The van der Waals surface area contributed by atoms with E-state index in [0.717, 1.165) is 0 Å². The van der Waals surface area contributed by atoms with Crippen molar-refractivity contribution < 1.29 is 39.9 Å². The summed E-state index contributed by atoms with van der Waals surface area (Å²) in [6.07, 6.45) is 0. The van der Waals surface area contributed by atoms with Crippen molar-refractivity contribution in [2.45, 2.75) is 78.6 Å². The fourth-order valence-electron chi connectivity index (χ4n) is 2.13. The standard InChI is InChI=1S/C6H19NSi2.C6H18NSi2.CH3.Gd/c2*1-8(2,3)7-9(4,5)6;;/h7H,1-6H3;1-6H3;1H3;/q;2*-1;+2. The normalized spacial score (nSPS) is 12.6. The molecule has 20 heavy (non-hydrogen) atoms. The minimum Gasteiger partial charge on any atom is -0.668 e. The molecule has 2 nitrogen and oxygen atoms in total. The molecule has 0 aliphatic rings. The van der Waals surface area contributed by atoms with E-state index in [2.05, 4.69) is 83.2 Å². The van der Waals surface area contributed by atoms with Crippen LogP contribution < -0.4 is 4.65 Å². The summed E-state index contributed by atoms with van der Waals surface area (Å²) in [5.74, 6) is 0. The first-order valence-electron chi connectivity index (χ1n) is 6.95. The largest absolute Gasteiger partial charge is 2.00 e. The Labute approximate surface area is 166 Å². The molecular formula is C13H40GdN2Si4. The zero-order valence-electron chi connectivity index (χ0n) is 16.3. The average molecular weight is 494 g/mol. The van der Waals surface area contributed by atoms with Gasteiger partial charge in [-0.15, -0.1) is 0 Å². The number of rotatable bonds is 4. The van der Waals surface area contributed by atoms with Crippen LogP contribution in [0.5, 0.6) is 0 Å². The molecule has 0 heterocycles. The van der Waals surface area contributed by atoms with Gasteiger partial charge in [0.15, 0.2) is 0 Å². The third-order valence-corrected chi connectivity index (χ3v) is 12.8. The third-order valence-electron chi connectivity index (χ3n) is 1.42. The van der Waals surface area contributed by atoms with Crippen molar-refractivity contribution in [3.8, 4) is 0 Å². The first kappa shape index (κ1) is 30.0. The summed E-state index contributed by atoms with van der Waals surface area (Å²) in [4.78, 5) is 0. The molecule has 0 atom stereocenters. The van der Waals surface area contributed by atoms with Crippen molar-refractivity contribution in [2.75, 3.05) is 0 Å². The Bertz CT molecular complexity index is 185. The van der Waals surface area contributed by atoms with E-state index in [4.69, 9.17) is 4.65 Å². The molecular weight excluding hydrogens is 454 g/mol. The maximum Gasteiger partial charge on any atom is 2.00 e. The van der Waals surface area contributed by atoms with Crippen LogP contribution in [-0.2, 0) is 0 Å². The first-order chi connectivity index (χ1) is 7.41. The number of nitrogens with one attached hydrogen (secondary N) is 1. The van der Waals surface area contributed by atoms with Crippen LogP contribution in [0.4, 0.5) is 0 Å². The van der Waals surface area contributed by atoms with Gasteiger partial charge in [0.05, 0.1) is 0 Å². The van der Waals surface area contributed by atoms with Crippen LogP contribution in [0.15, 0.2) is 0 Å². The van der Waals surface area contributed by atoms with E-state index in [1.807, 2.05) is 0 Å². The molecule has 7 heteroatoms. The Balaban J connectivity index is -0.000000116. The fourth-order valence-corrected chi connectivity index (χ4v) is 19.2. The van der Waals surface area contributed by atoms with Gasteiger partial charge < -0.3 is 16.7 Å². The Morgan fingerprint density at radius 2 is 0.750 bits per heavy atom. The van der Waals surface area contributed by atoms with Gasteiger partial charge in [-0.05, 0) is 0 Å². The molecule has 0 spiro atoms. The fraction of sp³-hybridized carbons (Fsp3) is 0.923. The van der Waals surface area contributed by atoms with Crippen LogP contribution in [0.1, 0.15) is 0 Å². The van der Waals surface area contributed by atoms with Crippen molar-refractivity contribution in [2.24, 2.45) is 0 Å². The molecule has 0 radical (unpaired) electrons. The maximum atomic E-state index is 4.82. The Morgan fingerprint density at radius 3 is 0.750 bits per heavy atom. The van der Waals surface area contributed by atoms with Crippen LogP contribution in [0.2, 0.25) is 78.6 Å². The van der Waals surface area contributed by atoms with Gasteiger partial charge in [-0.3, -0.25) is 0 Å². The third kappa shape index (κ3) is 36.9. The van der Waals surface area contributed by atoms with Gasteiger partial charge in [-0.2, -0.15) is 0 Å². The summed E-state index contributed by atoms with van der Waals surface area (Å²) in [5.41, 5.74) is 0. The summed E-state index contributed by atoms with van der Waals surface area (Å²) in [6.45, 7) is 27.9. The van der Waals surface area contributed by atoms with Gasteiger partial charge in [0, 0.05) is 0 Å². The molecule has 0 aliphatic heterocycles. The predicted molar refractivity (Wildman–Crippen MR) is 106 cm³/mol. The van der Waals surface area contributed by atoms with Crippen LogP contribution in [-0.4, -0.2) is 32.9 Å². The van der Waals surface area contributed by atoms with Gasteiger partial charge in [0.2, 0.25) is 0 Å². The Morgan fingerprint density at radius 1 is 0.550 bits per heavy atom. The van der Waals surface area contributed by atoms with Gasteiger partial charge >= 0.3 is 39.9 Å². The minimum atomic E-state index is -1.11. The molecule has 1 N–H and O–H groups in total. The van der Waals surface area contributed by atoms with E-state index in [1.165, 1.54) is 0 Å². The molecule has 0 bridgehead atoms. The molecule has 0 saturated heterocycles. The van der Waals surface area contributed by atoms with Crippen LogP contribution in [0.3, 0.4) is 0 Å². The smallest absolute Gasteiger partial charge is 0.668 e. The Hall–Kier alpha value is 2.11. The number of hydrogen-bond donors (Lipinski definition) is 1. The van der Waals surface area contributed by atoms with Crippen molar-refractivity contribution >= 4 is 32.9 Å². The topological polar surface area (TPSA) is 26.1 Å². The second-order valence-corrected chi connectivity index (χ2v) is 28.7. The Kier molecular flexibility index (Phi) is 16.2. The van der Waals surface area contributed by atoms with Gasteiger partial charge in [0.1, 0.15) is 16.5 Å². The van der Waals surface area contributed by atoms with Crippen molar-refractivity contribution in [1.29, 1.82) is 0 Å². The predicted octanol–water partition coefficient (Wildman–Crippen LogP) is 5.73. The molecule has 0 fully saturated rings. The summed E-state index contributed by atoms with van der Waals surface area (Å²) in [7, 11) is -4.17. The monoisotopic (exact) mass is 494 g/mol. The summed E-state index contributed by atoms with van der Waals surface area (Å²) >= 11 is 0. The quantitative estimate of drug-likeness (QED) is 0.393. The first-order valence-corrected chi connectivity index (χ1v) is 20.8. The molecule has 0 amide bonds. The number of hydrogen-bond acceptors (Lipinski definition) is 1. The van der Waals surface area contributed by atoms with Crippen molar-refractivity contribution in [3.05, 3.63) is 12.1 Å². The maximum absolute atomic E-state index is 4.82. The molecule has 0 aromatic rings. The van der Waals surface area contributed by atoms with Gasteiger partial charge in [0.25, 0.3) is 0 Å². The van der Waals surface area contributed by atoms with Crippen LogP contribution in [0.25, 0.3) is 4.65 Å². The molecule has 0 aromatic carbocycles. The SMILES string of the molecule is C[Si](C)(C)N[Si](C)(C)C.C[Si](C)(C)[N-][Si](C)(C)C.[CH3-].[Gd+2]. The summed E-state index contributed by atoms with van der Waals surface area (Å²) in [6, 6.07) is 0. The van der Waals surface area contributed by atoms with E-state index in [1.54, 1.807) is 0 Å². The van der Waals surface area contributed by atoms with Gasteiger partial charge in [-0.25, -0.2) is 0 Å². The van der Waals surface area contributed by atoms with Crippen LogP contribution >= 0.6 is 0 Å². The average Bonchev–Trinajstić information content (AvgIpc) is 1.64. The van der Waals surface area contributed by atoms with Crippen molar-refractivity contribution in [3.63, 3.8) is 0 Å². The van der Waals surface area contributed by atoms with E-state index < -0.39 is 32.9 Å². The molecule has 0 aliphatic carbocycles. The minimum absolute atomic E-state index is 0. The molecule has 0 aromatic heterocycles.